The van der Waals surface area contributed by atoms with Gasteiger partial charge in [-0.05, 0) is 48.6 Å². The van der Waals surface area contributed by atoms with Crippen molar-refractivity contribution in [2.75, 3.05) is 24.5 Å². The number of hydrogen-bond donors (Lipinski definition) is 2. The van der Waals surface area contributed by atoms with Gasteiger partial charge in [0.2, 0.25) is 0 Å². The molecule has 6 nitrogen and oxygen atoms in total. The van der Waals surface area contributed by atoms with E-state index in [4.69, 9.17) is 4.42 Å². The van der Waals surface area contributed by atoms with E-state index in [9.17, 15) is 9.59 Å². The van der Waals surface area contributed by atoms with Crippen molar-refractivity contribution in [3.63, 3.8) is 0 Å². The number of nitrogens with zero attached hydrogens (tertiary/aromatic N) is 1. The highest BCUT2D eigenvalue weighted by molar-refractivity contribution is 6.35. The first-order valence-electron chi connectivity index (χ1n) is 10.7. The summed E-state index contributed by atoms with van der Waals surface area (Å²) in [5, 5.41) is 5.49. The highest BCUT2D eigenvalue weighted by Gasteiger charge is 2.29. The van der Waals surface area contributed by atoms with E-state index >= 15 is 0 Å². The minimum absolute atomic E-state index is 0.173. The Bertz CT molecular complexity index is 1000. The molecule has 6 heteroatoms. The largest absolute Gasteiger partial charge is 0.467 e. The number of anilines is 1. The summed E-state index contributed by atoms with van der Waals surface area (Å²) in [6.45, 7) is 1.59. The second kappa shape index (κ2) is 9.98. The van der Waals surface area contributed by atoms with Crippen molar-refractivity contribution in [1.29, 1.82) is 0 Å². The van der Waals surface area contributed by atoms with Crippen LogP contribution in [0.2, 0.25) is 0 Å². The third-order valence-corrected chi connectivity index (χ3v) is 5.60. The molecule has 0 saturated heterocycles. The fourth-order valence-corrected chi connectivity index (χ4v) is 4.02. The van der Waals surface area contributed by atoms with Gasteiger partial charge in [0, 0.05) is 25.3 Å². The van der Waals surface area contributed by atoms with Gasteiger partial charge in [0.25, 0.3) is 0 Å². The summed E-state index contributed by atoms with van der Waals surface area (Å²) >= 11 is 0. The summed E-state index contributed by atoms with van der Waals surface area (Å²) in [5.74, 6) is -0.461. The Morgan fingerprint density at radius 1 is 0.935 bits per heavy atom. The molecule has 1 aliphatic heterocycles. The van der Waals surface area contributed by atoms with Crippen molar-refractivity contribution in [1.82, 2.24) is 10.6 Å². The third-order valence-electron chi connectivity index (χ3n) is 5.60. The summed E-state index contributed by atoms with van der Waals surface area (Å²) in [4.78, 5) is 26.8. The van der Waals surface area contributed by atoms with Gasteiger partial charge >= 0.3 is 11.8 Å². The van der Waals surface area contributed by atoms with Crippen LogP contribution in [-0.4, -0.2) is 31.4 Å². The van der Waals surface area contributed by atoms with Crippen molar-refractivity contribution in [2.24, 2.45) is 0 Å². The van der Waals surface area contributed by atoms with Crippen molar-refractivity contribution in [3.05, 3.63) is 89.9 Å². The molecule has 3 aromatic rings. The number of rotatable bonds is 8. The van der Waals surface area contributed by atoms with Gasteiger partial charge in [0.1, 0.15) is 11.8 Å². The fraction of sp³-hybridized carbons (Fsp3) is 0.280. The maximum atomic E-state index is 12.4. The monoisotopic (exact) mass is 417 g/mol. The average Bonchev–Trinajstić information content (AvgIpc) is 3.48. The lowest BCUT2D eigenvalue weighted by molar-refractivity contribution is -0.139. The Morgan fingerprint density at radius 3 is 2.52 bits per heavy atom. The fourth-order valence-electron chi connectivity index (χ4n) is 4.02. The average molecular weight is 418 g/mol. The molecule has 0 radical (unpaired) electrons. The molecule has 1 unspecified atom stereocenters. The molecular formula is C25H27N3O3. The van der Waals surface area contributed by atoms with E-state index < -0.39 is 11.8 Å². The van der Waals surface area contributed by atoms with Crippen molar-refractivity contribution in [3.8, 4) is 0 Å². The van der Waals surface area contributed by atoms with E-state index in [2.05, 4.69) is 39.8 Å². The Kier molecular flexibility index (Phi) is 6.67. The molecule has 1 aliphatic rings. The topological polar surface area (TPSA) is 74.6 Å². The number of hydrogen-bond acceptors (Lipinski definition) is 4. The van der Waals surface area contributed by atoms with Crippen molar-refractivity contribution >= 4 is 17.5 Å². The van der Waals surface area contributed by atoms with Crippen LogP contribution in [0.25, 0.3) is 0 Å². The Labute approximate surface area is 182 Å². The quantitative estimate of drug-likeness (QED) is 0.436. The maximum Gasteiger partial charge on any atom is 0.309 e. The molecule has 2 N–H and O–H groups in total. The van der Waals surface area contributed by atoms with E-state index in [-0.39, 0.29) is 12.6 Å². The summed E-state index contributed by atoms with van der Waals surface area (Å²) in [6.07, 6.45) is 4.22. The molecular weight excluding hydrogens is 390 g/mol. The van der Waals surface area contributed by atoms with Crippen LogP contribution in [0.1, 0.15) is 29.3 Å². The van der Waals surface area contributed by atoms with Crippen LogP contribution in [-0.2, 0) is 22.4 Å². The van der Waals surface area contributed by atoms with E-state index in [1.807, 2.05) is 42.5 Å². The van der Waals surface area contributed by atoms with Crippen LogP contribution in [0.15, 0.2) is 77.4 Å². The molecule has 0 bridgehead atoms. The molecule has 31 heavy (non-hydrogen) atoms. The molecule has 0 fully saturated rings. The van der Waals surface area contributed by atoms with Crippen LogP contribution >= 0.6 is 0 Å². The summed E-state index contributed by atoms with van der Waals surface area (Å²) in [6, 6.07) is 21.9. The number of nitrogens with one attached hydrogen (secondary N) is 2. The normalized spacial score (nSPS) is 13.5. The number of carbonyl (C=O) groups excluding carboxylic acids is 2. The summed E-state index contributed by atoms with van der Waals surface area (Å²) in [7, 11) is 0. The zero-order valence-corrected chi connectivity index (χ0v) is 17.4. The molecule has 4 rings (SSSR count). The van der Waals surface area contributed by atoms with Gasteiger partial charge in [0.05, 0.1) is 6.26 Å². The van der Waals surface area contributed by atoms with Crippen LogP contribution in [0.5, 0.6) is 0 Å². The molecule has 160 valence electrons. The van der Waals surface area contributed by atoms with Crippen molar-refractivity contribution < 1.29 is 14.0 Å². The van der Waals surface area contributed by atoms with Crippen LogP contribution in [0, 0.1) is 0 Å². The number of aryl methyl sites for hydroxylation is 1. The molecule has 1 atom stereocenters. The highest BCUT2D eigenvalue weighted by Crippen LogP contribution is 2.34. The molecule has 1 aromatic heterocycles. The third kappa shape index (κ3) is 5.15. The smallest absolute Gasteiger partial charge is 0.309 e. The Morgan fingerprint density at radius 2 is 1.71 bits per heavy atom. The summed E-state index contributed by atoms with van der Waals surface area (Å²) in [5.41, 5.74) is 3.64. The summed E-state index contributed by atoms with van der Waals surface area (Å²) < 4.78 is 5.64. The van der Waals surface area contributed by atoms with E-state index in [0.29, 0.717) is 6.54 Å². The minimum Gasteiger partial charge on any atom is -0.467 e. The molecule has 2 aromatic carbocycles. The van der Waals surface area contributed by atoms with Crippen LogP contribution < -0.4 is 15.5 Å². The predicted octanol–water partition coefficient (Wildman–Crippen LogP) is 3.25. The second-order valence-corrected chi connectivity index (χ2v) is 7.66. The minimum atomic E-state index is -0.622. The molecule has 0 saturated carbocycles. The van der Waals surface area contributed by atoms with E-state index in [1.54, 1.807) is 6.26 Å². The first-order valence-corrected chi connectivity index (χ1v) is 10.7. The van der Waals surface area contributed by atoms with Crippen LogP contribution in [0.3, 0.4) is 0 Å². The first kappa shape index (κ1) is 20.7. The van der Waals surface area contributed by atoms with E-state index in [1.165, 1.54) is 11.1 Å². The number of amides is 2. The van der Waals surface area contributed by atoms with Crippen LogP contribution in [0.4, 0.5) is 5.69 Å². The number of furan rings is 1. The number of para-hydroxylation sites is 1. The lowest BCUT2D eigenvalue weighted by Crippen LogP contribution is -2.44. The van der Waals surface area contributed by atoms with Gasteiger partial charge in [-0.25, -0.2) is 0 Å². The standard InChI is InChI=1S/C25H27N3O3/c29-24(26-15-6-10-19-8-2-1-3-9-19)25(30)27-18-22(23-13-7-17-31-23)28-16-14-20-11-4-5-12-21(20)28/h1-5,7-9,11-13,17,22H,6,10,14-16,18H2,(H,26,29)(H,27,30). The van der Waals surface area contributed by atoms with Gasteiger partial charge < -0.3 is 20.0 Å². The molecule has 2 amide bonds. The lowest BCUT2D eigenvalue weighted by Gasteiger charge is -2.29. The molecule has 0 aliphatic carbocycles. The predicted molar refractivity (Wildman–Crippen MR) is 120 cm³/mol. The zero-order chi connectivity index (χ0) is 21.5. The molecule has 0 spiro atoms. The van der Waals surface area contributed by atoms with Gasteiger partial charge in [-0.2, -0.15) is 0 Å². The number of fused-ring (bicyclic) bond motifs is 1. The molecule has 2 heterocycles. The Hall–Kier alpha value is -3.54. The Balaban J connectivity index is 1.30. The highest BCUT2D eigenvalue weighted by atomic mass is 16.3. The van der Waals surface area contributed by atoms with Gasteiger partial charge in [-0.1, -0.05) is 48.5 Å². The van der Waals surface area contributed by atoms with E-state index in [0.717, 1.165) is 37.3 Å². The zero-order valence-electron chi connectivity index (χ0n) is 17.4. The lowest BCUT2D eigenvalue weighted by atomic mass is 10.1. The number of carbonyl (C=O) groups is 2. The van der Waals surface area contributed by atoms with Crippen molar-refractivity contribution in [2.45, 2.75) is 25.3 Å². The maximum absolute atomic E-state index is 12.4. The second-order valence-electron chi connectivity index (χ2n) is 7.66. The van der Waals surface area contributed by atoms with Gasteiger partial charge in [0.15, 0.2) is 0 Å². The first-order chi connectivity index (χ1) is 15.2. The SMILES string of the molecule is O=C(NCCCc1ccccc1)C(=O)NCC(c1ccco1)N1CCc2ccccc21. The number of benzene rings is 2. The van der Waals surface area contributed by atoms with Gasteiger partial charge in [-0.15, -0.1) is 0 Å². The van der Waals surface area contributed by atoms with Gasteiger partial charge in [-0.3, -0.25) is 9.59 Å².